The van der Waals surface area contributed by atoms with Crippen molar-refractivity contribution >= 4 is 17.0 Å². The zero-order chi connectivity index (χ0) is 28.4. The summed E-state index contributed by atoms with van der Waals surface area (Å²) in [6.07, 6.45) is -1.06. The molecular formula is C34H30F3N3O. The van der Waals surface area contributed by atoms with Gasteiger partial charge >= 0.3 is 6.18 Å². The molecule has 5 aromatic rings. The van der Waals surface area contributed by atoms with Crippen LogP contribution in [0, 0.1) is 0 Å². The summed E-state index contributed by atoms with van der Waals surface area (Å²) in [6.45, 7) is 4.84. The summed E-state index contributed by atoms with van der Waals surface area (Å²) in [5, 5.41) is 8.89. The molecule has 7 rings (SSSR count). The Morgan fingerprint density at radius 3 is 2.63 bits per heavy atom. The van der Waals surface area contributed by atoms with Crippen molar-refractivity contribution < 1.29 is 17.9 Å². The zero-order valence-corrected chi connectivity index (χ0v) is 22.8. The van der Waals surface area contributed by atoms with E-state index in [2.05, 4.69) is 60.3 Å². The Hall–Kier alpha value is -4.10. The van der Waals surface area contributed by atoms with Crippen LogP contribution in [0.4, 0.5) is 13.2 Å². The van der Waals surface area contributed by atoms with Crippen LogP contribution in [0.25, 0.3) is 28.1 Å². The summed E-state index contributed by atoms with van der Waals surface area (Å²) < 4.78 is 47.3. The molecule has 2 aromatic heterocycles. The van der Waals surface area contributed by atoms with Gasteiger partial charge in [0.15, 0.2) is 0 Å². The molecule has 7 heteroatoms. The van der Waals surface area contributed by atoms with Crippen LogP contribution < -0.4 is 0 Å². The number of nitrogens with one attached hydrogen (secondary N) is 2. The van der Waals surface area contributed by atoms with E-state index in [-0.39, 0.29) is 17.4 Å². The molecule has 0 amide bonds. The lowest BCUT2D eigenvalue weighted by Crippen LogP contribution is -2.33. The van der Waals surface area contributed by atoms with Crippen molar-refractivity contribution in [3.05, 3.63) is 118 Å². The quantitative estimate of drug-likeness (QED) is 0.233. The first-order chi connectivity index (χ1) is 19.7. The second-order valence-corrected chi connectivity index (χ2v) is 11.6. The van der Waals surface area contributed by atoms with Crippen LogP contribution in [0.5, 0.6) is 0 Å². The van der Waals surface area contributed by atoms with Crippen LogP contribution in [0.3, 0.4) is 0 Å². The summed E-state index contributed by atoms with van der Waals surface area (Å²) in [5.41, 5.74) is 7.83. The maximum Gasteiger partial charge on any atom is 0.416 e. The predicted molar refractivity (Wildman–Crippen MR) is 155 cm³/mol. The van der Waals surface area contributed by atoms with E-state index in [4.69, 9.17) is 9.84 Å². The highest BCUT2D eigenvalue weighted by atomic mass is 19.4. The molecule has 0 spiro atoms. The number of aromatic amines is 2. The van der Waals surface area contributed by atoms with Gasteiger partial charge in [0.25, 0.3) is 0 Å². The first-order valence-electron chi connectivity index (χ1n) is 13.9. The van der Waals surface area contributed by atoms with E-state index in [9.17, 15) is 13.2 Å². The number of hydrogen-bond donors (Lipinski definition) is 2. The van der Waals surface area contributed by atoms with Crippen LogP contribution in [0.15, 0.2) is 84.4 Å². The number of para-hydroxylation sites is 1. The number of alkyl halides is 3. The molecular weight excluding hydrogens is 523 g/mol. The van der Waals surface area contributed by atoms with Crippen LogP contribution in [0.2, 0.25) is 0 Å². The lowest BCUT2D eigenvalue weighted by molar-refractivity contribution is -0.137. The Morgan fingerprint density at radius 1 is 0.976 bits per heavy atom. The summed E-state index contributed by atoms with van der Waals surface area (Å²) in [5.74, 6) is 0.128. The summed E-state index contributed by atoms with van der Waals surface area (Å²) in [4.78, 5) is 3.60. The third kappa shape index (κ3) is 4.39. The number of ether oxygens (including phenoxy) is 1. The molecule has 3 aromatic carbocycles. The Bertz CT molecular complexity index is 1800. The van der Waals surface area contributed by atoms with Crippen LogP contribution in [-0.4, -0.2) is 21.8 Å². The van der Waals surface area contributed by atoms with Crippen LogP contribution >= 0.6 is 0 Å². The normalized spacial score (nSPS) is 22.6. The van der Waals surface area contributed by atoms with E-state index in [1.54, 1.807) is 6.07 Å². The van der Waals surface area contributed by atoms with Crippen LogP contribution in [0.1, 0.15) is 72.5 Å². The van der Waals surface area contributed by atoms with Gasteiger partial charge in [-0.15, -0.1) is 0 Å². The minimum absolute atomic E-state index is 0.128. The van der Waals surface area contributed by atoms with E-state index in [1.807, 2.05) is 24.3 Å². The highest BCUT2D eigenvalue weighted by Gasteiger charge is 2.40. The smallest absolute Gasteiger partial charge is 0.372 e. The van der Waals surface area contributed by atoms with Crippen molar-refractivity contribution in [3.63, 3.8) is 0 Å². The largest absolute Gasteiger partial charge is 0.416 e. The summed E-state index contributed by atoms with van der Waals surface area (Å²) in [6, 6.07) is 24.0. The minimum Gasteiger partial charge on any atom is -0.372 e. The molecule has 0 saturated carbocycles. The molecule has 1 fully saturated rings. The number of benzene rings is 3. The number of allylic oxidation sites excluding steroid dienone is 1. The third-order valence-corrected chi connectivity index (χ3v) is 8.80. The molecule has 2 N–H and O–H groups in total. The topological polar surface area (TPSA) is 53.7 Å². The van der Waals surface area contributed by atoms with Gasteiger partial charge in [0.2, 0.25) is 0 Å². The molecule has 1 saturated heterocycles. The number of halogens is 3. The monoisotopic (exact) mass is 553 g/mol. The van der Waals surface area contributed by atoms with Gasteiger partial charge in [-0.3, -0.25) is 5.10 Å². The van der Waals surface area contributed by atoms with Crippen molar-refractivity contribution in [2.75, 3.05) is 6.61 Å². The Morgan fingerprint density at radius 2 is 1.78 bits per heavy atom. The highest BCUT2D eigenvalue weighted by molar-refractivity contribution is 5.98. The lowest BCUT2D eigenvalue weighted by Gasteiger charge is -2.38. The standard InChI is InChI=1S/C34H30F3N3O/c1-20-16-21-8-3-4-11-24(21)30(20)28-18-27(39-40-28)29-19-33(2,14-15-41-29)32-31(25-12-5-6-13-26(25)38-32)22-9-7-10-23(17-22)34(35,36)37/h3-13,16-18,29-30,38H,14-15,19H2,1-2H3,(H,39,40). The number of H-pyrrole nitrogens is 2. The molecule has 41 heavy (non-hydrogen) atoms. The fraction of sp³-hybridized carbons (Fsp3) is 0.265. The molecule has 2 aliphatic rings. The predicted octanol–water partition coefficient (Wildman–Crippen LogP) is 8.94. The average Bonchev–Trinajstić information content (AvgIpc) is 3.67. The molecule has 208 valence electrons. The van der Waals surface area contributed by atoms with Crippen molar-refractivity contribution in [3.8, 4) is 11.1 Å². The number of hydrogen-bond acceptors (Lipinski definition) is 2. The van der Waals surface area contributed by atoms with Gasteiger partial charge in [-0.05, 0) is 60.7 Å². The molecule has 3 heterocycles. The van der Waals surface area contributed by atoms with E-state index >= 15 is 0 Å². The molecule has 1 aliphatic heterocycles. The SMILES string of the molecule is CC1=Cc2ccccc2C1c1cc(C2CC(C)(c3[nH]c4ccccc4c3-c3cccc(C(F)(F)F)c3)CCO2)n[nH]1. The molecule has 1 aliphatic carbocycles. The number of fused-ring (bicyclic) bond motifs is 2. The van der Waals surface area contributed by atoms with Crippen LogP contribution in [-0.2, 0) is 16.3 Å². The third-order valence-electron chi connectivity index (χ3n) is 8.80. The fourth-order valence-electron chi connectivity index (χ4n) is 6.72. The molecule has 3 unspecified atom stereocenters. The van der Waals surface area contributed by atoms with Gasteiger partial charge in [0.05, 0.1) is 11.3 Å². The van der Waals surface area contributed by atoms with E-state index in [0.717, 1.165) is 46.0 Å². The average molecular weight is 554 g/mol. The second-order valence-electron chi connectivity index (χ2n) is 11.6. The molecule has 0 bridgehead atoms. The van der Waals surface area contributed by atoms with E-state index < -0.39 is 11.7 Å². The highest BCUT2D eigenvalue weighted by Crippen LogP contribution is 2.48. The Kier molecular flexibility index (Phi) is 5.98. The van der Waals surface area contributed by atoms with Gasteiger partial charge in [-0.2, -0.15) is 18.3 Å². The van der Waals surface area contributed by atoms with Crippen molar-refractivity contribution in [2.24, 2.45) is 0 Å². The maximum atomic E-state index is 13.7. The number of aromatic nitrogens is 3. The molecule has 3 atom stereocenters. The summed E-state index contributed by atoms with van der Waals surface area (Å²) >= 11 is 0. The van der Waals surface area contributed by atoms with Crippen molar-refractivity contribution in [2.45, 2.75) is 50.3 Å². The first-order valence-corrected chi connectivity index (χ1v) is 13.9. The Labute approximate surface area is 236 Å². The van der Waals surface area contributed by atoms with Crippen molar-refractivity contribution in [1.82, 2.24) is 15.2 Å². The van der Waals surface area contributed by atoms with Gasteiger partial charge in [0.1, 0.15) is 6.10 Å². The van der Waals surface area contributed by atoms with Gasteiger partial charge < -0.3 is 9.72 Å². The van der Waals surface area contributed by atoms with E-state index in [0.29, 0.717) is 18.6 Å². The van der Waals surface area contributed by atoms with Gasteiger partial charge in [0, 0.05) is 45.8 Å². The molecule has 0 radical (unpaired) electrons. The second kappa shape index (κ2) is 9.48. The Balaban J connectivity index is 1.26. The number of rotatable bonds is 4. The molecule has 4 nitrogen and oxygen atoms in total. The zero-order valence-electron chi connectivity index (χ0n) is 22.8. The van der Waals surface area contributed by atoms with Gasteiger partial charge in [-0.25, -0.2) is 0 Å². The first kappa shape index (κ1) is 25.8. The maximum absolute atomic E-state index is 13.7. The van der Waals surface area contributed by atoms with E-state index in [1.165, 1.54) is 28.8 Å². The van der Waals surface area contributed by atoms with Crippen molar-refractivity contribution in [1.29, 1.82) is 0 Å². The summed E-state index contributed by atoms with van der Waals surface area (Å²) in [7, 11) is 0. The fourth-order valence-corrected chi connectivity index (χ4v) is 6.72. The number of nitrogens with zero attached hydrogens (tertiary/aromatic N) is 1. The lowest BCUT2D eigenvalue weighted by atomic mass is 9.74. The minimum atomic E-state index is -4.42. The van der Waals surface area contributed by atoms with Gasteiger partial charge in [-0.1, -0.05) is 73.2 Å².